The van der Waals surface area contributed by atoms with Crippen LogP contribution in [0.5, 0.6) is 11.5 Å². The van der Waals surface area contributed by atoms with E-state index in [0.29, 0.717) is 13.2 Å². The molecule has 0 saturated carbocycles. The van der Waals surface area contributed by atoms with E-state index >= 15 is 0 Å². The summed E-state index contributed by atoms with van der Waals surface area (Å²) in [5.74, 6) is 1.79. The summed E-state index contributed by atoms with van der Waals surface area (Å²) in [4.78, 5) is 2.33. The number of ether oxygens (including phenoxy) is 2. The van der Waals surface area contributed by atoms with Crippen molar-refractivity contribution in [1.29, 1.82) is 0 Å². The molecule has 0 radical (unpaired) electrons. The summed E-state index contributed by atoms with van der Waals surface area (Å²) in [6.45, 7) is 7.44. The number of hydrogen-bond acceptors (Lipinski definition) is 3. The van der Waals surface area contributed by atoms with Gasteiger partial charge in [-0.25, -0.2) is 0 Å². The van der Waals surface area contributed by atoms with Gasteiger partial charge in [0, 0.05) is 4.90 Å². The average molecular weight is 288 g/mol. The fraction of sp³-hybridized carbons (Fsp3) is 0.294. The van der Waals surface area contributed by atoms with Gasteiger partial charge in [0.2, 0.25) is 0 Å². The fourth-order valence-corrected chi connectivity index (χ4v) is 2.90. The molecule has 106 valence electrons. The first-order valence-electron chi connectivity index (χ1n) is 6.87. The fourth-order valence-electron chi connectivity index (χ4n) is 1.89. The van der Waals surface area contributed by atoms with E-state index in [9.17, 15) is 0 Å². The molecular weight excluding hydrogens is 268 g/mol. The topological polar surface area (TPSA) is 18.5 Å². The van der Waals surface area contributed by atoms with Gasteiger partial charge in [-0.05, 0) is 50.6 Å². The van der Waals surface area contributed by atoms with Gasteiger partial charge in [0.25, 0.3) is 0 Å². The highest BCUT2D eigenvalue weighted by Gasteiger charge is 2.09. The Labute approximate surface area is 125 Å². The maximum absolute atomic E-state index is 5.71. The van der Waals surface area contributed by atoms with Crippen molar-refractivity contribution in [3.63, 3.8) is 0 Å². The lowest BCUT2D eigenvalue weighted by atomic mass is 10.2. The van der Waals surface area contributed by atoms with E-state index in [0.717, 1.165) is 16.4 Å². The molecule has 0 aliphatic heterocycles. The molecule has 0 heterocycles. The summed E-state index contributed by atoms with van der Waals surface area (Å²) in [6, 6.07) is 14.3. The van der Waals surface area contributed by atoms with Crippen molar-refractivity contribution in [3.05, 3.63) is 48.0 Å². The molecule has 0 bridgehead atoms. The van der Waals surface area contributed by atoms with E-state index in [2.05, 4.69) is 31.2 Å². The zero-order valence-corrected chi connectivity index (χ0v) is 13.0. The second kappa shape index (κ2) is 7.25. The Hall–Kier alpha value is -1.61. The minimum Gasteiger partial charge on any atom is -0.494 e. The highest BCUT2D eigenvalue weighted by atomic mass is 32.2. The second-order valence-electron chi connectivity index (χ2n) is 4.34. The molecule has 0 aliphatic rings. The number of benzene rings is 2. The van der Waals surface area contributed by atoms with Crippen molar-refractivity contribution in [2.24, 2.45) is 0 Å². The standard InChI is InChI=1S/C17H20O2S/c1-4-18-14-10-11-15(19-5-2)17(12-14)20-16-9-7-6-8-13(16)3/h6-12H,4-5H2,1-3H3. The molecule has 0 saturated heterocycles. The summed E-state index contributed by atoms with van der Waals surface area (Å²) in [5.41, 5.74) is 1.27. The lowest BCUT2D eigenvalue weighted by Gasteiger charge is -2.13. The van der Waals surface area contributed by atoms with Crippen LogP contribution in [0, 0.1) is 6.92 Å². The van der Waals surface area contributed by atoms with Gasteiger partial charge in [-0.1, -0.05) is 30.0 Å². The summed E-state index contributed by atoms with van der Waals surface area (Å²) >= 11 is 1.72. The Morgan fingerprint density at radius 3 is 2.35 bits per heavy atom. The van der Waals surface area contributed by atoms with Crippen LogP contribution in [0.2, 0.25) is 0 Å². The molecule has 0 amide bonds. The maximum Gasteiger partial charge on any atom is 0.133 e. The zero-order chi connectivity index (χ0) is 14.4. The third-order valence-electron chi connectivity index (χ3n) is 2.84. The minimum atomic E-state index is 0.662. The molecule has 0 aromatic heterocycles. The van der Waals surface area contributed by atoms with Crippen molar-refractivity contribution >= 4 is 11.8 Å². The molecule has 2 aromatic rings. The van der Waals surface area contributed by atoms with Crippen molar-refractivity contribution in [2.75, 3.05) is 13.2 Å². The molecule has 3 heteroatoms. The van der Waals surface area contributed by atoms with E-state index in [4.69, 9.17) is 9.47 Å². The van der Waals surface area contributed by atoms with Gasteiger partial charge in [0.1, 0.15) is 11.5 Å². The summed E-state index contributed by atoms with van der Waals surface area (Å²) < 4.78 is 11.3. The third-order valence-corrected chi connectivity index (χ3v) is 4.06. The molecular formula is C17H20O2S. The molecule has 2 aromatic carbocycles. The van der Waals surface area contributed by atoms with Crippen LogP contribution >= 0.6 is 11.8 Å². The first-order chi connectivity index (χ1) is 9.74. The Balaban J connectivity index is 2.32. The first-order valence-corrected chi connectivity index (χ1v) is 7.69. The SMILES string of the molecule is CCOc1ccc(OCC)c(Sc2ccccc2C)c1. The minimum absolute atomic E-state index is 0.662. The van der Waals surface area contributed by atoms with Crippen LogP contribution in [0.1, 0.15) is 19.4 Å². The van der Waals surface area contributed by atoms with Crippen LogP contribution in [-0.4, -0.2) is 13.2 Å². The molecule has 0 N–H and O–H groups in total. The van der Waals surface area contributed by atoms with Gasteiger partial charge in [0.05, 0.1) is 18.1 Å². The number of aryl methyl sites for hydroxylation is 1. The zero-order valence-electron chi connectivity index (χ0n) is 12.2. The number of hydrogen-bond donors (Lipinski definition) is 0. The summed E-state index contributed by atoms with van der Waals surface area (Å²) in [5, 5.41) is 0. The predicted molar refractivity (Wildman–Crippen MR) is 84.1 cm³/mol. The van der Waals surface area contributed by atoms with Gasteiger partial charge in [-0.15, -0.1) is 0 Å². The molecule has 0 unspecified atom stereocenters. The Morgan fingerprint density at radius 2 is 1.65 bits per heavy atom. The van der Waals surface area contributed by atoms with Gasteiger partial charge in [0.15, 0.2) is 0 Å². The summed E-state index contributed by atoms with van der Waals surface area (Å²) in [7, 11) is 0. The van der Waals surface area contributed by atoms with Gasteiger partial charge in [-0.2, -0.15) is 0 Å². The van der Waals surface area contributed by atoms with Crippen LogP contribution in [0.25, 0.3) is 0 Å². The van der Waals surface area contributed by atoms with Crippen LogP contribution in [0.4, 0.5) is 0 Å². The largest absolute Gasteiger partial charge is 0.494 e. The lowest BCUT2D eigenvalue weighted by molar-refractivity contribution is 0.323. The third kappa shape index (κ3) is 3.70. The first kappa shape index (κ1) is 14.8. The molecule has 0 atom stereocenters. The second-order valence-corrected chi connectivity index (χ2v) is 5.43. The molecule has 2 rings (SSSR count). The van der Waals surface area contributed by atoms with Crippen molar-refractivity contribution in [3.8, 4) is 11.5 Å². The average Bonchev–Trinajstić information content (AvgIpc) is 2.45. The highest BCUT2D eigenvalue weighted by Crippen LogP contribution is 2.38. The van der Waals surface area contributed by atoms with Crippen molar-refractivity contribution < 1.29 is 9.47 Å². The molecule has 0 aliphatic carbocycles. The normalized spacial score (nSPS) is 10.3. The molecule has 2 nitrogen and oxygen atoms in total. The Morgan fingerprint density at radius 1 is 0.900 bits per heavy atom. The van der Waals surface area contributed by atoms with Crippen molar-refractivity contribution in [2.45, 2.75) is 30.6 Å². The number of rotatable bonds is 6. The van der Waals surface area contributed by atoms with Crippen LogP contribution in [0.15, 0.2) is 52.3 Å². The van der Waals surface area contributed by atoms with E-state index < -0.39 is 0 Å². The molecule has 0 spiro atoms. The maximum atomic E-state index is 5.71. The quantitative estimate of drug-likeness (QED) is 0.749. The van der Waals surface area contributed by atoms with E-state index in [1.165, 1.54) is 10.5 Å². The monoisotopic (exact) mass is 288 g/mol. The van der Waals surface area contributed by atoms with Crippen LogP contribution < -0.4 is 9.47 Å². The summed E-state index contributed by atoms with van der Waals surface area (Å²) in [6.07, 6.45) is 0. The van der Waals surface area contributed by atoms with Crippen LogP contribution in [-0.2, 0) is 0 Å². The lowest BCUT2D eigenvalue weighted by Crippen LogP contribution is -1.96. The van der Waals surface area contributed by atoms with Gasteiger partial charge in [-0.3, -0.25) is 0 Å². The Kier molecular flexibility index (Phi) is 5.36. The molecule has 0 fully saturated rings. The highest BCUT2D eigenvalue weighted by molar-refractivity contribution is 7.99. The van der Waals surface area contributed by atoms with E-state index in [-0.39, 0.29) is 0 Å². The van der Waals surface area contributed by atoms with Crippen molar-refractivity contribution in [1.82, 2.24) is 0 Å². The van der Waals surface area contributed by atoms with E-state index in [1.807, 2.05) is 32.0 Å². The molecule has 20 heavy (non-hydrogen) atoms. The van der Waals surface area contributed by atoms with Gasteiger partial charge < -0.3 is 9.47 Å². The predicted octanol–water partition coefficient (Wildman–Crippen LogP) is 4.94. The van der Waals surface area contributed by atoms with Crippen LogP contribution in [0.3, 0.4) is 0 Å². The van der Waals surface area contributed by atoms with Gasteiger partial charge >= 0.3 is 0 Å². The smallest absolute Gasteiger partial charge is 0.133 e. The Bertz CT molecular complexity index is 567. The van der Waals surface area contributed by atoms with E-state index in [1.54, 1.807) is 11.8 Å².